The summed E-state index contributed by atoms with van der Waals surface area (Å²) in [5.41, 5.74) is 2.56. The molecule has 0 bridgehead atoms. The second-order valence-corrected chi connectivity index (χ2v) is 7.46. The molecule has 0 aliphatic heterocycles. The van der Waals surface area contributed by atoms with Crippen LogP contribution in [0.15, 0.2) is 54.6 Å². The van der Waals surface area contributed by atoms with Gasteiger partial charge >= 0.3 is 0 Å². The van der Waals surface area contributed by atoms with Gasteiger partial charge in [0.15, 0.2) is 0 Å². The first kappa shape index (κ1) is 18.0. The molecule has 0 saturated carbocycles. The van der Waals surface area contributed by atoms with E-state index in [2.05, 4.69) is 5.32 Å². The number of amides is 1. The maximum absolute atomic E-state index is 12.2. The number of sulfonamides is 1. The Balaban J connectivity index is 2.07. The second-order valence-electron chi connectivity index (χ2n) is 5.55. The van der Waals surface area contributed by atoms with Gasteiger partial charge in [0.25, 0.3) is 0 Å². The highest BCUT2D eigenvalue weighted by atomic mass is 32.2. The third-order valence-electron chi connectivity index (χ3n) is 3.65. The number of rotatable bonds is 7. The monoisotopic (exact) mass is 346 g/mol. The molecule has 0 aliphatic rings. The number of aryl methyl sites for hydroxylation is 1. The Morgan fingerprint density at radius 3 is 2.17 bits per heavy atom. The zero-order valence-corrected chi connectivity index (χ0v) is 14.7. The maximum atomic E-state index is 12.2. The largest absolute Gasteiger partial charge is 0.350 e. The Labute approximate surface area is 143 Å². The standard InChI is InChI=1S/C18H22N2O3S/c1-3-15-9-11-17(12-10-15)20(24(2,22)23)14-18(21)19-13-16-7-5-4-6-8-16/h4-12H,3,13-14H2,1-2H3,(H,19,21). The Kier molecular flexibility index (Phi) is 5.98. The number of nitrogens with one attached hydrogen (secondary N) is 1. The molecule has 2 rings (SSSR count). The molecular formula is C18H22N2O3S. The van der Waals surface area contributed by atoms with Crippen LogP contribution < -0.4 is 9.62 Å². The van der Waals surface area contributed by atoms with Crippen molar-refractivity contribution >= 4 is 21.6 Å². The van der Waals surface area contributed by atoms with Crippen molar-refractivity contribution in [2.75, 3.05) is 17.1 Å². The predicted octanol–water partition coefficient (Wildman–Crippen LogP) is 2.33. The molecule has 0 spiro atoms. The van der Waals surface area contributed by atoms with E-state index in [0.717, 1.165) is 28.1 Å². The number of hydrogen-bond acceptors (Lipinski definition) is 3. The molecule has 128 valence electrons. The quantitative estimate of drug-likeness (QED) is 0.837. The lowest BCUT2D eigenvalue weighted by molar-refractivity contribution is -0.119. The van der Waals surface area contributed by atoms with Crippen LogP contribution >= 0.6 is 0 Å². The summed E-state index contributed by atoms with van der Waals surface area (Å²) >= 11 is 0. The van der Waals surface area contributed by atoms with Crippen molar-refractivity contribution in [2.45, 2.75) is 19.9 Å². The van der Waals surface area contributed by atoms with Crippen LogP contribution in [0, 0.1) is 0 Å². The van der Waals surface area contributed by atoms with Gasteiger partial charge in [0.05, 0.1) is 11.9 Å². The molecule has 0 unspecified atom stereocenters. The molecule has 0 heterocycles. The fourth-order valence-electron chi connectivity index (χ4n) is 2.28. The molecule has 0 fully saturated rings. The Morgan fingerprint density at radius 1 is 1.00 bits per heavy atom. The van der Waals surface area contributed by atoms with Crippen molar-refractivity contribution < 1.29 is 13.2 Å². The fourth-order valence-corrected chi connectivity index (χ4v) is 3.14. The van der Waals surface area contributed by atoms with Gasteiger partial charge < -0.3 is 5.32 Å². The summed E-state index contributed by atoms with van der Waals surface area (Å²) in [5, 5.41) is 2.75. The van der Waals surface area contributed by atoms with Crippen LogP contribution in [0.4, 0.5) is 5.69 Å². The molecule has 24 heavy (non-hydrogen) atoms. The van der Waals surface area contributed by atoms with E-state index in [9.17, 15) is 13.2 Å². The van der Waals surface area contributed by atoms with Crippen LogP contribution in [0.5, 0.6) is 0 Å². The molecule has 6 heteroatoms. The van der Waals surface area contributed by atoms with E-state index in [0.29, 0.717) is 12.2 Å². The first-order chi connectivity index (χ1) is 11.4. The molecule has 2 aromatic rings. The molecule has 0 aromatic heterocycles. The Hall–Kier alpha value is -2.34. The van der Waals surface area contributed by atoms with Crippen LogP contribution in [0.2, 0.25) is 0 Å². The smallest absolute Gasteiger partial charge is 0.241 e. The summed E-state index contributed by atoms with van der Waals surface area (Å²) in [7, 11) is -3.54. The molecule has 0 aliphatic carbocycles. The lowest BCUT2D eigenvalue weighted by atomic mass is 10.1. The fraction of sp³-hybridized carbons (Fsp3) is 0.278. The maximum Gasteiger partial charge on any atom is 0.241 e. The van der Waals surface area contributed by atoms with Crippen molar-refractivity contribution in [2.24, 2.45) is 0 Å². The van der Waals surface area contributed by atoms with Gasteiger partial charge in [0.2, 0.25) is 15.9 Å². The molecule has 2 aromatic carbocycles. The minimum atomic E-state index is -3.54. The Bertz CT molecular complexity index is 772. The van der Waals surface area contributed by atoms with Crippen molar-refractivity contribution in [3.8, 4) is 0 Å². The van der Waals surface area contributed by atoms with E-state index in [1.165, 1.54) is 0 Å². The zero-order valence-electron chi connectivity index (χ0n) is 13.9. The summed E-state index contributed by atoms with van der Waals surface area (Å²) in [6.45, 7) is 2.16. The summed E-state index contributed by atoms with van der Waals surface area (Å²) in [6.07, 6.45) is 1.97. The average Bonchev–Trinajstić information content (AvgIpc) is 2.58. The minimum absolute atomic E-state index is 0.239. The van der Waals surface area contributed by atoms with Gasteiger partial charge in [-0.05, 0) is 29.7 Å². The topological polar surface area (TPSA) is 66.5 Å². The van der Waals surface area contributed by atoms with Crippen molar-refractivity contribution in [3.63, 3.8) is 0 Å². The van der Waals surface area contributed by atoms with Gasteiger partial charge in [-0.3, -0.25) is 9.10 Å². The van der Waals surface area contributed by atoms with E-state index >= 15 is 0 Å². The number of hydrogen-bond donors (Lipinski definition) is 1. The van der Waals surface area contributed by atoms with Crippen LogP contribution in [-0.4, -0.2) is 27.1 Å². The molecule has 0 atom stereocenters. The van der Waals surface area contributed by atoms with Crippen LogP contribution in [0.3, 0.4) is 0 Å². The van der Waals surface area contributed by atoms with E-state index in [-0.39, 0.29) is 12.5 Å². The van der Waals surface area contributed by atoms with Crippen molar-refractivity contribution in [3.05, 3.63) is 65.7 Å². The van der Waals surface area contributed by atoms with Gasteiger partial charge in [-0.15, -0.1) is 0 Å². The van der Waals surface area contributed by atoms with Gasteiger partial charge in [-0.25, -0.2) is 8.42 Å². The third-order valence-corrected chi connectivity index (χ3v) is 4.79. The first-order valence-electron chi connectivity index (χ1n) is 7.77. The van der Waals surface area contributed by atoms with E-state index in [1.54, 1.807) is 12.1 Å². The van der Waals surface area contributed by atoms with Crippen molar-refractivity contribution in [1.82, 2.24) is 5.32 Å². The number of anilines is 1. The van der Waals surface area contributed by atoms with Crippen LogP contribution in [0.25, 0.3) is 0 Å². The highest BCUT2D eigenvalue weighted by Gasteiger charge is 2.20. The van der Waals surface area contributed by atoms with Gasteiger partial charge in [-0.1, -0.05) is 49.4 Å². The van der Waals surface area contributed by atoms with E-state index in [4.69, 9.17) is 0 Å². The molecule has 1 N–H and O–H groups in total. The van der Waals surface area contributed by atoms with Crippen LogP contribution in [0.1, 0.15) is 18.1 Å². The van der Waals surface area contributed by atoms with Gasteiger partial charge in [0.1, 0.15) is 6.54 Å². The summed E-state index contributed by atoms with van der Waals surface area (Å²) < 4.78 is 25.2. The van der Waals surface area contributed by atoms with Gasteiger partial charge in [0, 0.05) is 6.54 Å². The molecular weight excluding hydrogens is 324 g/mol. The van der Waals surface area contributed by atoms with Gasteiger partial charge in [-0.2, -0.15) is 0 Å². The average molecular weight is 346 g/mol. The van der Waals surface area contributed by atoms with Crippen molar-refractivity contribution in [1.29, 1.82) is 0 Å². The highest BCUT2D eigenvalue weighted by molar-refractivity contribution is 7.92. The van der Waals surface area contributed by atoms with E-state index < -0.39 is 10.0 Å². The van der Waals surface area contributed by atoms with Crippen LogP contribution in [-0.2, 0) is 27.8 Å². The SMILES string of the molecule is CCc1ccc(N(CC(=O)NCc2ccccc2)S(C)(=O)=O)cc1. The lowest BCUT2D eigenvalue weighted by Gasteiger charge is -2.22. The lowest BCUT2D eigenvalue weighted by Crippen LogP contribution is -2.40. The number of benzene rings is 2. The number of carbonyl (C=O) groups is 1. The molecule has 0 saturated heterocycles. The normalized spacial score (nSPS) is 11.1. The molecule has 0 radical (unpaired) electrons. The summed E-state index contributed by atoms with van der Waals surface area (Å²) in [6, 6.07) is 16.7. The zero-order chi connectivity index (χ0) is 17.6. The second kappa shape index (κ2) is 7.97. The molecule has 5 nitrogen and oxygen atoms in total. The minimum Gasteiger partial charge on any atom is -0.350 e. The number of carbonyl (C=O) groups excluding carboxylic acids is 1. The highest BCUT2D eigenvalue weighted by Crippen LogP contribution is 2.18. The predicted molar refractivity (Wildman–Crippen MR) is 96.3 cm³/mol. The molecule has 1 amide bonds. The number of nitrogens with zero attached hydrogens (tertiary/aromatic N) is 1. The summed E-state index contributed by atoms with van der Waals surface area (Å²) in [5.74, 6) is -0.344. The first-order valence-corrected chi connectivity index (χ1v) is 9.62. The van der Waals surface area contributed by atoms with E-state index in [1.807, 2.05) is 49.4 Å². The Morgan fingerprint density at radius 2 is 1.62 bits per heavy atom. The summed E-state index contributed by atoms with van der Waals surface area (Å²) in [4.78, 5) is 12.2. The third kappa shape index (κ3) is 5.09.